The fourth-order valence-electron chi connectivity index (χ4n) is 4.24. The molecule has 0 spiro atoms. The van der Waals surface area contributed by atoms with Gasteiger partial charge in [0.1, 0.15) is 5.82 Å². The van der Waals surface area contributed by atoms with Crippen molar-refractivity contribution >= 4 is 57.4 Å². The van der Waals surface area contributed by atoms with Gasteiger partial charge < -0.3 is 21.1 Å². The third-order valence-electron chi connectivity index (χ3n) is 6.20. The Hall–Kier alpha value is -3.40. The van der Waals surface area contributed by atoms with E-state index in [1.807, 2.05) is 24.3 Å². The summed E-state index contributed by atoms with van der Waals surface area (Å²) in [6.07, 6.45) is 3.48. The summed E-state index contributed by atoms with van der Waals surface area (Å²) in [5.74, 6) is 0.773. The van der Waals surface area contributed by atoms with E-state index in [0.29, 0.717) is 11.3 Å². The van der Waals surface area contributed by atoms with Crippen LogP contribution in [0, 0.1) is 5.92 Å². The molecule has 4 N–H and O–H groups in total. The van der Waals surface area contributed by atoms with Crippen LogP contribution in [-0.4, -0.2) is 44.3 Å². The summed E-state index contributed by atoms with van der Waals surface area (Å²) in [7, 11) is 0. The fourth-order valence-corrected chi connectivity index (χ4v) is 4.81. The normalized spacial score (nSPS) is 14.4. The van der Waals surface area contributed by atoms with Crippen molar-refractivity contribution in [2.75, 3.05) is 35.6 Å². The summed E-state index contributed by atoms with van der Waals surface area (Å²) in [6, 6.07) is 12.9. The summed E-state index contributed by atoms with van der Waals surface area (Å²) >= 11 is 12.5. The highest BCUT2D eigenvalue weighted by Crippen LogP contribution is 2.31. The molecule has 1 fully saturated rings. The molecule has 1 aliphatic rings. The van der Waals surface area contributed by atoms with Gasteiger partial charge in [-0.05, 0) is 55.2 Å². The molecule has 0 amide bonds. The predicted octanol–water partition coefficient (Wildman–Crippen LogP) is 4.02. The van der Waals surface area contributed by atoms with Gasteiger partial charge in [0.2, 0.25) is 5.95 Å². The van der Waals surface area contributed by atoms with Crippen LogP contribution in [0.25, 0.3) is 16.7 Å². The summed E-state index contributed by atoms with van der Waals surface area (Å²) in [6.45, 7) is 2.11. The number of benzene rings is 2. The van der Waals surface area contributed by atoms with Crippen molar-refractivity contribution in [2.24, 2.45) is 5.92 Å². The van der Waals surface area contributed by atoms with E-state index in [4.69, 9.17) is 28.9 Å². The minimum atomic E-state index is -0.649. The molecule has 1 aliphatic heterocycles. The highest BCUT2D eigenvalue weighted by atomic mass is 35.5. The number of hydrogen-bond acceptors (Lipinski definition) is 8. The van der Waals surface area contributed by atoms with Crippen LogP contribution in [0.5, 0.6) is 0 Å². The molecule has 35 heavy (non-hydrogen) atoms. The maximum atomic E-state index is 12.8. The second-order valence-corrected chi connectivity index (χ2v) is 9.22. The Kier molecular flexibility index (Phi) is 6.46. The Morgan fingerprint density at radius 1 is 1.06 bits per heavy atom. The molecule has 5 rings (SSSR count). The number of aromatic nitrogens is 4. The molecule has 0 aliphatic carbocycles. The zero-order valence-electron chi connectivity index (χ0n) is 18.7. The molecular weight excluding hydrogens is 489 g/mol. The second kappa shape index (κ2) is 9.69. The number of piperidine rings is 1. The van der Waals surface area contributed by atoms with Crippen LogP contribution >= 0.6 is 23.2 Å². The number of nitrogens with two attached hydrogens (primary N) is 1. The number of para-hydroxylation sites is 1. The maximum absolute atomic E-state index is 12.8. The average molecular weight is 512 g/mol. The van der Waals surface area contributed by atoms with E-state index >= 15 is 0 Å². The Balaban J connectivity index is 1.39. The van der Waals surface area contributed by atoms with Crippen LogP contribution in [0.1, 0.15) is 12.8 Å². The van der Waals surface area contributed by atoms with E-state index in [0.717, 1.165) is 41.9 Å². The quantitative estimate of drug-likeness (QED) is 0.367. The lowest BCUT2D eigenvalue weighted by molar-refractivity contribution is 0.203. The highest BCUT2D eigenvalue weighted by Gasteiger charge is 2.19. The smallest absolute Gasteiger partial charge is 0.355 e. The topological polar surface area (TPSA) is 122 Å². The highest BCUT2D eigenvalue weighted by molar-refractivity contribution is 6.37. The largest absolute Gasteiger partial charge is 0.396 e. The summed E-state index contributed by atoms with van der Waals surface area (Å²) < 4.78 is 1.16. The fraction of sp³-hybridized carbons (Fsp3) is 0.250. The number of hydrogen-bond donors (Lipinski definition) is 3. The van der Waals surface area contributed by atoms with E-state index in [9.17, 15) is 9.90 Å². The van der Waals surface area contributed by atoms with E-state index in [1.165, 1.54) is 6.20 Å². The Labute approximate surface area is 211 Å². The van der Waals surface area contributed by atoms with Gasteiger partial charge in [-0.3, -0.25) is 0 Å². The van der Waals surface area contributed by atoms with E-state index in [2.05, 4.69) is 25.2 Å². The van der Waals surface area contributed by atoms with Crippen molar-refractivity contribution in [2.45, 2.75) is 12.8 Å². The molecule has 11 heteroatoms. The van der Waals surface area contributed by atoms with Gasteiger partial charge in [0.05, 0.1) is 21.1 Å². The lowest BCUT2D eigenvalue weighted by Gasteiger charge is -2.32. The van der Waals surface area contributed by atoms with Gasteiger partial charge in [0, 0.05) is 37.3 Å². The van der Waals surface area contributed by atoms with E-state index in [1.54, 1.807) is 18.2 Å². The van der Waals surface area contributed by atoms with Gasteiger partial charge in [-0.15, -0.1) is 0 Å². The third-order valence-corrected chi connectivity index (χ3v) is 6.81. The average Bonchev–Trinajstić information content (AvgIpc) is 2.86. The van der Waals surface area contributed by atoms with Crippen molar-refractivity contribution in [1.29, 1.82) is 0 Å². The van der Waals surface area contributed by atoms with Crippen LogP contribution in [0.15, 0.2) is 53.5 Å². The van der Waals surface area contributed by atoms with Gasteiger partial charge in [-0.2, -0.15) is 9.97 Å². The van der Waals surface area contributed by atoms with Crippen molar-refractivity contribution < 1.29 is 5.11 Å². The maximum Gasteiger partial charge on any atom is 0.355 e. The van der Waals surface area contributed by atoms with Crippen molar-refractivity contribution in [3.8, 4) is 5.69 Å². The number of fused-ring (bicyclic) bond motifs is 1. The molecule has 3 heterocycles. The van der Waals surface area contributed by atoms with E-state index < -0.39 is 5.69 Å². The molecular formula is C24H23Cl2N7O2. The molecule has 180 valence electrons. The third kappa shape index (κ3) is 4.62. The molecule has 1 saturated heterocycles. The molecule has 0 atom stereocenters. The van der Waals surface area contributed by atoms with Crippen LogP contribution in [0.4, 0.5) is 23.1 Å². The number of halogens is 2. The van der Waals surface area contributed by atoms with Crippen molar-refractivity contribution in [3.05, 3.63) is 69.2 Å². The first-order valence-corrected chi connectivity index (χ1v) is 11.9. The van der Waals surface area contributed by atoms with Crippen molar-refractivity contribution in [1.82, 2.24) is 19.5 Å². The van der Waals surface area contributed by atoms with Crippen molar-refractivity contribution in [3.63, 3.8) is 0 Å². The number of aliphatic hydroxyl groups is 1. The van der Waals surface area contributed by atoms with Gasteiger partial charge in [-0.25, -0.2) is 14.3 Å². The minimum Gasteiger partial charge on any atom is -0.396 e. The lowest BCUT2D eigenvalue weighted by atomic mass is 9.97. The zero-order valence-corrected chi connectivity index (χ0v) is 20.2. The Bertz CT molecular complexity index is 1410. The number of aliphatic hydroxyl groups excluding tert-OH is 1. The van der Waals surface area contributed by atoms with Crippen LogP contribution in [0.3, 0.4) is 0 Å². The number of nitrogens with one attached hydrogen (secondary N) is 1. The molecule has 4 aromatic rings. The summed E-state index contributed by atoms with van der Waals surface area (Å²) in [5, 5.41) is 13.4. The number of nitrogens with zero attached hydrogens (tertiary/aromatic N) is 5. The predicted molar refractivity (Wildman–Crippen MR) is 139 cm³/mol. The first-order chi connectivity index (χ1) is 16.9. The Morgan fingerprint density at radius 3 is 2.40 bits per heavy atom. The molecule has 2 aromatic carbocycles. The molecule has 9 nitrogen and oxygen atoms in total. The van der Waals surface area contributed by atoms with Gasteiger partial charge in [0.15, 0.2) is 5.65 Å². The molecule has 0 unspecified atom stereocenters. The molecule has 0 saturated carbocycles. The Morgan fingerprint density at radius 2 is 1.74 bits per heavy atom. The van der Waals surface area contributed by atoms with Crippen LogP contribution < -0.4 is 21.6 Å². The lowest BCUT2D eigenvalue weighted by Crippen LogP contribution is -2.34. The SMILES string of the molecule is Nc1c2cnc(Nc3ccc(N4CCC(CO)CC4)cc3)nc2nc(=O)n1-c1c(Cl)cccc1Cl. The van der Waals surface area contributed by atoms with Gasteiger partial charge in [0.25, 0.3) is 0 Å². The standard InChI is InChI=1S/C24H23Cl2N7O2/c25-18-2-1-3-19(26)20(18)33-21(27)17-12-28-23(30-22(17)31-24(33)35)29-15-4-6-16(7-5-15)32-10-8-14(13-34)9-11-32/h1-7,12,14,34H,8-11,13,27H2,(H,29,30,31,35). The monoisotopic (exact) mass is 511 g/mol. The summed E-state index contributed by atoms with van der Waals surface area (Å²) in [4.78, 5) is 27.9. The van der Waals surface area contributed by atoms with Gasteiger partial charge in [-0.1, -0.05) is 29.3 Å². The van der Waals surface area contributed by atoms with Gasteiger partial charge >= 0.3 is 5.69 Å². The molecule has 0 bridgehead atoms. The van der Waals surface area contributed by atoms with Crippen LogP contribution in [0.2, 0.25) is 10.0 Å². The number of rotatable bonds is 5. The second-order valence-electron chi connectivity index (χ2n) is 8.40. The molecule has 2 aromatic heterocycles. The summed E-state index contributed by atoms with van der Waals surface area (Å²) in [5.41, 5.74) is 7.97. The molecule has 0 radical (unpaired) electrons. The first kappa shape index (κ1) is 23.3. The number of anilines is 4. The minimum absolute atomic E-state index is 0.0934. The van der Waals surface area contributed by atoms with E-state index in [-0.39, 0.29) is 39.8 Å². The number of nitrogen functional groups attached to an aromatic ring is 1. The first-order valence-electron chi connectivity index (χ1n) is 11.2. The zero-order chi connectivity index (χ0) is 24.5. The van der Waals surface area contributed by atoms with Crippen LogP contribution in [-0.2, 0) is 0 Å².